The van der Waals surface area contributed by atoms with Crippen LogP contribution >= 0.6 is 0 Å². The molecule has 0 aliphatic carbocycles. The molecule has 0 bridgehead atoms. The fourth-order valence-corrected chi connectivity index (χ4v) is 8.69. The topological polar surface area (TPSA) is 48.0 Å². The van der Waals surface area contributed by atoms with Crippen LogP contribution in [0.2, 0.25) is 5.04 Å². The molecular formula is C23H31NO4Si. The summed E-state index contributed by atoms with van der Waals surface area (Å²) in [7, 11) is -0.726. The molecule has 1 fully saturated rings. The fourth-order valence-electron chi connectivity index (χ4n) is 4.10. The number of likely N-dealkylation sites (N-methyl/N-ethyl adjacent to an activating group) is 1. The van der Waals surface area contributed by atoms with Gasteiger partial charge in [0.05, 0.1) is 12.6 Å². The average Bonchev–Trinajstić information content (AvgIpc) is 3.01. The van der Waals surface area contributed by atoms with E-state index in [9.17, 15) is 4.79 Å². The Hall–Kier alpha value is -1.99. The van der Waals surface area contributed by atoms with E-state index in [4.69, 9.17) is 14.0 Å². The second-order valence-electron chi connectivity index (χ2n) is 8.55. The number of hydrogen-bond acceptors (Lipinski definition) is 5. The lowest BCUT2D eigenvalue weighted by Crippen LogP contribution is -2.67. The van der Waals surface area contributed by atoms with Crippen LogP contribution in [0.3, 0.4) is 0 Å². The van der Waals surface area contributed by atoms with Crippen molar-refractivity contribution in [2.45, 2.75) is 51.5 Å². The largest absolute Gasteiger partial charge is 0.434 e. The number of ether oxygens (including phenoxy) is 1. The Balaban J connectivity index is 1.93. The first-order valence-corrected chi connectivity index (χ1v) is 12.0. The van der Waals surface area contributed by atoms with Crippen LogP contribution in [0.1, 0.15) is 34.1 Å². The molecule has 0 saturated carbocycles. The van der Waals surface area contributed by atoms with Gasteiger partial charge in [0.2, 0.25) is 6.29 Å². The Kier molecular flexibility index (Phi) is 6.58. The first-order valence-electron chi connectivity index (χ1n) is 10.1. The molecule has 5 nitrogen and oxygen atoms in total. The standard InChI is InChI=1S/C23H31NO4Si/c1-18(25)27-22-16-19(24(5)28-22)17-26-29(23(2,3)4,20-12-8-6-9-13-20)21-14-10-7-11-15-21/h6-15,19,22H,16-17H2,1-5H3/t19-,22-/m0/s1. The number of hydrogen-bond donors (Lipinski definition) is 0. The molecule has 1 aliphatic rings. The summed E-state index contributed by atoms with van der Waals surface area (Å²) in [5, 5.41) is 4.17. The minimum Gasteiger partial charge on any atom is -0.434 e. The van der Waals surface area contributed by atoms with Gasteiger partial charge in [-0.05, 0) is 15.4 Å². The molecule has 2 aromatic carbocycles. The van der Waals surface area contributed by atoms with Crippen molar-refractivity contribution >= 4 is 24.7 Å². The Morgan fingerprint density at radius 1 is 1.07 bits per heavy atom. The molecule has 1 heterocycles. The van der Waals surface area contributed by atoms with E-state index in [1.165, 1.54) is 17.3 Å². The number of carbonyl (C=O) groups is 1. The highest BCUT2D eigenvalue weighted by Gasteiger charge is 2.51. The molecule has 6 heteroatoms. The lowest BCUT2D eigenvalue weighted by molar-refractivity contribution is -0.226. The number of esters is 1. The van der Waals surface area contributed by atoms with Crippen molar-refractivity contribution in [3.05, 3.63) is 60.7 Å². The minimum atomic E-state index is -2.59. The number of nitrogens with zero attached hydrogens (tertiary/aromatic N) is 1. The molecule has 156 valence electrons. The summed E-state index contributed by atoms with van der Waals surface area (Å²) in [6.45, 7) is 8.68. The van der Waals surface area contributed by atoms with Crippen LogP contribution in [0.4, 0.5) is 0 Å². The van der Waals surface area contributed by atoms with Gasteiger partial charge >= 0.3 is 5.97 Å². The van der Waals surface area contributed by atoms with Gasteiger partial charge in [0.25, 0.3) is 8.32 Å². The molecule has 1 aliphatic heterocycles. The number of rotatable bonds is 6. The van der Waals surface area contributed by atoms with E-state index in [1.807, 2.05) is 19.2 Å². The Labute approximate surface area is 174 Å². The van der Waals surface area contributed by atoms with Crippen molar-refractivity contribution in [3.8, 4) is 0 Å². The maximum Gasteiger partial charge on any atom is 0.304 e. The van der Waals surface area contributed by atoms with Gasteiger partial charge in [-0.2, -0.15) is 5.06 Å². The molecular weight excluding hydrogens is 382 g/mol. The monoisotopic (exact) mass is 413 g/mol. The maximum absolute atomic E-state index is 11.3. The zero-order valence-corrected chi connectivity index (χ0v) is 18.9. The molecule has 0 aromatic heterocycles. The molecule has 0 N–H and O–H groups in total. The van der Waals surface area contributed by atoms with Gasteiger partial charge in [0, 0.05) is 20.4 Å². The van der Waals surface area contributed by atoms with Crippen LogP contribution < -0.4 is 10.4 Å². The molecule has 2 atom stereocenters. The second-order valence-corrected chi connectivity index (χ2v) is 12.9. The molecule has 2 aromatic rings. The van der Waals surface area contributed by atoms with Crippen LogP contribution in [0.15, 0.2) is 60.7 Å². The summed E-state index contributed by atoms with van der Waals surface area (Å²) in [5.41, 5.74) is 0. The van der Waals surface area contributed by atoms with Crippen molar-refractivity contribution in [1.82, 2.24) is 5.06 Å². The lowest BCUT2D eigenvalue weighted by Gasteiger charge is -2.43. The molecule has 0 radical (unpaired) electrons. The van der Waals surface area contributed by atoms with Crippen LogP contribution in [0.5, 0.6) is 0 Å². The zero-order chi connectivity index (χ0) is 21.1. The van der Waals surface area contributed by atoms with E-state index in [-0.39, 0.29) is 17.0 Å². The van der Waals surface area contributed by atoms with Crippen LogP contribution in [0.25, 0.3) is 0 Å². The molecule has 29 heavy (non-hydrogen) atoms. The van der Waals surface area contributed by atoms with E-state index in [0.29, 0.717) is 13.0 Å². The quantitative estimate of drug-likeness (QED) is 0.538. The summed E-state index contributed by atoms with van der Waals surface area (Å²) in [4.78, 5) is 17.0. The third kappa shape index (κ3) is 4.61. The van der Waals surface area contributed by atoms with Gasteiger partial charge in [0.1, 0.15) is 0 Å². The van der Waals surface area contributed by atoms with E-state index in [2.05, 4.69) is 69.3 Å². The highest BCUT2D eigenvalue weighted by Crippen LogP contribution is 2.37. The second kappa shape index (κ2) is 8.79. The maximum atomic E-state index is 11.3. The van der Waals surface area contributed by atoms with Crippen molar-refractivity contribution in [2.75, 3.05) is 13.7 Å². The summed E-state index contributed by atoms with van der Waals surface area (Å²) in [6, 6.07) is 21.1. The SMILES string of the molecule is CC(=O)O[C@@H]1C[C@@H](CO[Si](c2ccccc2)(c2ccccc2)C(C)(C)C)N(C)O1. The summed E-state index contributed by atoms with van der Waals surface area (Å²) < 4.78 is 12.2. The summed E-state index contributed by atoms with van der Waals surface area (Å²) in [5.74, 6) is -0.336. The highest BCUT2D eigenvalue weighted by atomic mass is 28.4. The van der Waals surface area contributed by atoms with Gasteiger partial charge in [-0.1, -0.05) is 81.4 Å². The summed E-state index contributed by atoms with van der Waals surface area (Å²) in [6.07, 6.45) is 0.0409. The van der Waals surface area contributed by atoms with Crippen LogP contribution in [0, 0.1) is 0 Å². The van der Waals surface area contributed by atoms with Gasteiger partial charge in [-0.3, -0.25) is 9.63 Å². The van der Waals surface area contributed by atoms with E-state index in [1.54, 1.807) is 5.06 Å². The van der Waals surface area contributed by atoms with Crippen LogP contribution in [-0.4, -0.2) is 45.3 Å². The Morgan fingerprint density at radius 3 is 2.03 bits per heavy atom. The fraction of sp³-hybridized carbons (Fsp3) is 0.435. The first kappa shape index (κ1) is 21.7. The Morgan fingerprint density at radius 2 is 1.59 bits per heavy atom. The van der Waals surface area contributed by atoms with Gasteiger partial charge in [0.15, 0.2) is 0 Å². The molecule has 0 spiro atoms. The summed E-state index contributed by atoms with van der Waals surface area (Å²) >= 11 is 0. The zero-order valence-electron chi connectivity index (χ0n) is 17.9. The van der Waals surface area contributed by atoms with E-state index < -0.39 is 14.6 Å². The third-order valence-electron chi connectivity index (χ3n) is 5.47. The average molecular weight is 414 g/mol. The number of benzene rings is 2. The number of hydroxylamine groups is 2. The molecule has 0 unspecified atom stereocenters. The predicted molar refractivity (Wildman–Crippen MR) is 116 cm³/mol. The predicted octanol–water partition coefficient (Wildman–Crippen LogP) is 3.09. The first-order chi connectivity index (χ1) is 13.7. The van der Waals surface area contributed by atoms with Gasteiger partial charge in [-0.25, -0.2) is 0 Å². The van der Waals surface area contributed by atoms with Crippen molar-refractivity contribution in [1.29, 1.82) is 0 Å². The van der Waals surface area contributed by atoms with Crippen LogP contribution in [-0.2, 0) is 18.8 Å². The van der Waals surface area contributed by atoms with Gasteiger partial charge < -0.3 is 9.16 Å². The van der Waals surface area contributed by atoms with E-state index in [0.717, 1.165) is 0 Å². The van der Waals surface area contributed by atoms with Crippen molar-refractivity contribution in [2.24, 2.45) is 0 Å². The lowest BCUT2D eigenvalue weighted by atomic mass is 10.2. The molecule has 1 saturated heterocycles. The Bertz CT molecular complexity index is 767. The van der Waals surface area contributed by atoms with Gasteiger partial charge in [-0.15, -0.1) is 0 Å². The van der Waals surface area contributed by atoms with E-state index >= 15 is 0 Å². The normalized spacial score (nSPS) is 20.6. The van der Waals surface area contributed by atoms with Crippen molar-refractivity contribution < 1.29 is 18.8 Å². The number of carbonyl (C=O) groups excluding carboxylic acids is 1. The smallest absolute Gasteiger partial charge is 0.304 e. The molecule has 3 rings (SSSR count). The molecule has 0 amide bonds. The third-order valence-corrected chi connectivity index (χ3v) is 10.5. The highest BCUT2D eigenvalue weighted by molar-refractivity contribution is 6.99. The van der Waals surface area contributed by atoms with Crippen molar-refractivity contribution in [3.63, 3.8) is 0 Å². The minimum absolute atomic E-state index is 0.0148.